The smallest absolute Gasteiger partial charge is 0.187 e. The molecule has 5 saturated heterocycles. The van der Waals surface area contributed by atoms with Gasteiger partial charge in [0.15, 0.2) is 31.5 Å². The topological polar surface area (TPSA) is 477 Å². The molecule has 29 nitrogen and oxygen atoms in total. The molecule has 35 atom stereocenters. The molecule has 0 aromatic rings. The second-order valence-electron chi connectivity index (χ2n) is 28.7. The Morgan fingerprint density at radius 1 is 0.517 bits per heavy atom. The summed E-state index contributed by atoms with van der Waals surface area (Å²) in [6.45, 7) is 12.7. The Labute approximate surface area is 517 Å². The Kier molecular flexibility index (Phi) is 22.3. The molecule has 89 heavy (non-hydrogen) atoms. The summed E-state index contributed by atoms with van der Waals surface area (Å²) in [6, 6.07) is 0. The van der Waals surface area contributed by atoms with Crippen LogP contribution < -0.4 is 0 Å². The average molecular weight is 1290 g/mol. The summed E-state index contributed by atoms with van der Waals surface area (Å²) >= 11 is 0. The van der Waals surface area contributed by atoms with Gasteiger partial charge in [-0.15, -0.1) is 0 Å². The number of hydrogen-bond acceptors (Lipinski definition) is 29. The van der Waals surface area contributed by atoms with Gasteiger partial charge in [-0.05, 0) is 99.7 Å². The third kappa shape index (κ3) is 13.1. The third-order valence-corrected chi connectivity index (χ3v) is 22.9. The van der Waals surface area contributed by atoms with Crippen LogP contribution in [0.15, 0.2) is 11.6 Å². The quantitative estimate of drug-likeness (QED) is 0.0506. The van der Waals surface area contributed by atoms with Gasteiger partial charge in [0.05, 0.1) is 56.9 Å². The van der Waals surface area contributed by atoms with Gasteiger partial charge in [0, 0.05) is 10.8 Å². The first-order valence-electron chi connectivity index (χ1n) is 31.6. The second-order valence-corrected chi connectivity index (χ2v) is 28.7. The highest BCUT2D eigenvalue weighted by atomic mass is 16.8. The minimum Gasteiger partial charge on any atom is -0.394 e. The molecule has 0 radical (unpaired) electrons. The minimum absolute atomic E-state index is 0.0123. The van der Waals surface area contributed by atoms with Gasteiger partial charge in [-0.3, -0.25) is 0 Å². The van der Waals surface area contributed by atoms with Crippen LogP contribution in [0, 0.1) is 45.3 Å². The van der Waals surface area contributed by atoms with Crippen LogP contribution in [-0.2, 0) is 47.4 Å². The number of rotatable bonds is 20. The molecule has 9 aliphatic rings. The molecule has 4 aliphatic carbocycles. The summed E-state index contributed by atoms with van der Waals surface area (Å²) in [5.41, 5.74) is -2.38. The number of ether oxygens (including phenoxy) is 10. The van der Waals surface area contributed by atoms with Crippen LogP contribution in [0.1, 0.15) is 107 Å². The van der Waals surface area contributed by atoms with Gasteiger partial charge in [-0.25, -0.2) is 0 Å². The summed E-state index contributed by atoms with van der Waals surface area (Å²) in [7, 11) is 0. The van der Waals surface area contributed by atoms with Gasteiger partial charge in [0.25, 0.3) is 0 Å². The number of aliphatic hydroxyl groups excluding tert-OH is 18. The minimum atomic E-state index is -2.00. The summed E-state index contributed by atoms with van der Waals surface area (Å²) in [6.07, 6.45) is -37.2. The number of aliphatic hydroxyl groups is 19. The zero-order valence-electron chi connectivity index (χ0n) is 51.8. The van der Waals surface area contributed by atoms with E-state index in [1.807, 2.05) is 13.8 Å². The highest BCUT2D eigenvalue weighted by Crippen LogP contribution is 2.75. The van der Waals surface area contributed by atoms with E-state index >= 15 is 0 Å². The normalized spacial score (nSPS) is 51.8. The summed E-state index contributed by atoms with van der Waals surface area (Å²) < 4.78 is 59.0. The molecule has 29 heteroatoms. The van der Waals surface area contributed by atoms with E-state index in [1.165, 1.54) is 13.8 Å². The maximum Gasteiger partial charge on any atom is 0.187 e. The molecule has 5 heterocycles. The van der Waals surface area contributed by atoms with Crippen LogP contribution in [0.25, 0.3) is 0 Å². The Bertz CT molecular complexity index is 2350. The average Bonchev–Trinajstić information content (AvgIpc) is 1.67. The summed E-state index contributed by atoms with van der Waals surface area (Å²) in [5, 5.41) is 205. The van der Waals surface area contributed by atoms with Crippen molar-refractivity contribution in [1.29, 1.82) is 0 Å². The van der Waals surface area contributed by atoms with Gasteiger partial charge >= 0.3 is 0 Å². The van der Waals surface area contributed by atoms with Crippen molar-refractivity contribution in [2.24, 2.45) is 45.3 Å². The molecule has 9 rings (SSSR count). The van der Waals surface area contributed by atoms with Crippen LogP contribution >= 0.6 is 0 Å². The highest BCUT2D eigenvalue weighted by molar-refractivity contribution is 5.32. The van der Waals surface area contributed by atoms with Crippen molar-refractivity contribution in [1.82, 2.24) is 0 Å². The maximum absolute atomic E-state index is 12.8. The van der Waals surface area contributed by atoms with E-state index in [-0.39, 0.29) is 40.9 Å². The van der Waals surface area contributed by atoms with Crippen molar-refractivity contribution in [3.63, 3.8) is 0 Å². The fourth-order valence-corrected chi connectivity index (χ4v) is 17.0. The molecule has 0 aromatic heterocycles. The van der Waals surface area contributed by atoms with Gasteiger partial charge in [0.2, 0.25) is 0 Å². The van der Waals surface area contributed by atoms with Crippen molar-refractivity contribution in [2.75, 3.05) is 33.0 Å². The fourth-order valence-electron chi connectivity index (χ4n) is 17.0. The van der Waals surface area contributed by atoms with Crippen molar-refractivity contribution in [2.45, 2.75) is 284 Å². The zero-order chi connectivity index (χ0) is 65.5. The maximum atomic E-state index is 12.8. The van der Waals surface area contributed by atoms with E-state index in [0.29, 0.717) is 32.1 Å². The van der Waals surface area contributed by atoms with Gasteiger partial charge < -0.3 is 144 Å². The van der Waals surface area contributed by atoms with Gasteiger partial charge in [0.1, 0.15) is 122 Å². The molecule has 0 unspecified atom stereocenters. The van der Waals surface area contributed by atoms with Gasteiger partial charge in [-0.1, -0.05) is 53.2 Å². The third-order valence-electron chi connectivity index (χ3n) is 22.9. The molecule has 8 fully saturated rings. The first-order chi connectivity index (χ1) is 41.6. The van der Waals surface area contributed by atoms with Crippen molar-refractivity contribution in [3.05, 3.63) is 11.6 Å². The van der Waals surface area contributed by atoms with Crippen LogP contribution in [-0.4, -0.2) is 308 Å². The predicted molar refractivity (Wildman–Crippen MR) is 300 cm³/mol. The lowest BCUT2D eigenvalue weighted by Crippen LogP contribution is -2.65. The van der Waals surface area contributed by atoms with Crippen LogP contribution in [0.5, 0.6) is 0 Å². The molecule has 0 amide bonds. The van der Waals surface area contributed by atoms with E-state index in [9.17, 15) is 97.0 Å². The SMILES string of the molecule is C[C@H](CC[C@@H](O[C@@H]1O[C@H](CO)[C@@H](O)[C@H](O)[C@H]1O[C@@H]1O[C@H](CO[C@H]2O[C@@H](CO)[C@H](O)[C@@H](O)[C@@H]2O)[C@@H](O)[C@H](O)[C@H]1O)C(C)(C)O)[C@H]1CC[C@@]2(C)[C@@H]3CC=C4[C@@H](CC[C@H](O[C@@H]5O[C@H](CO[C@@H]6O[C@H](CO)[C@@H](O)[C@H](O)[C@H]6O)[C@@H](O)[C@H](O)[C@H]5O)C4(C)C)[C@]3(C)[C@H](O)C[C@]12C. The van der Waals surface area contributed by atoms with E-state index in [4.69, 9.17) is 47.4 Å². The Hall–Kier alpha value is -1.42. The zero-order valence-corrected chi connectivity index (χ0v) is 51.8. The van der Waals surface area contributed by atoms with Crippen molar-refractivity contribution in [3.8, 4) is 0 Å². The van der Waals surface area contributed by atoms with E-state index in [2.05, 4.69) is 33.8 Å². The number of allylic oxidation sites excluding steroid dienone is 1. The van der Waals surface area contributed by atoms with Crippen LogP contribution in [0.2, 0.25) is 0 Å². The molecular formula is C60H102O29. The summed E-state index contributed by atoms with van der Waals surface area (Å²) in [4.78, 5) is 0. The van der Waals surface area contributed by atoms with E-state index in [1.54, 1.807) is 0 Å². The number of hydrogen-bond donors (Lipinski definition) is 19. The number of fused-ring (bicyclic) bond motifs is 5. The molecule has 3 saturated carbocycles. The predicted octanol–water partition coefficient (Wildman–Crippen LogP) is -5.41. The second kappa shape index (κ2) is 27.6. The highest BCUT2D eigenvalue weighted by Gasteiger charge is 2.70. The monoisotopic (exact) mass is 1290 g/mol. The molecule has 0 bridgehead atoms. The molecule has 5 aliphatic heterocycles. The Morgan fingerprint density at radius 3 is 1.44 bits per heavy atom. The van der Waals surface area contributed by atoms with Crippen LogP contribution in [0.3, 0.4) is 0 Å². The van der Waals surface area contributed by atoms with Gasteiger partial charge in [-0.2, -0.15) is 0 Å². The standard InChI is InChI=1S/C60H102O29/c1-23(9-13-35(57(4,5)79)88-55-50(45(74)38(67)29(20-63)84-55)89-54-49(78)44(73)40(69)31(86-54)22-81-52-47(76)42(71)37(66)28(19-62)83-52)24-15-16-58(6)32-12-10-25-26(60(32,8)33(64)17-59(24,58)7)11-14-34(56(25,2)3)87-53-48(77)43(72)39(68)30(85-53)21-80-51-46(75)41(70)36(65)27(18-61)82-51/h10,23-24,26-55,61-79H,9,11-22H2,1-8H3/t23-,24-,26-,27-,28+,29-,30-,31-,32+,33-,34+,35-,36-,37+,38-,39-,40-,41+,42-,43+,44+,45+,46-,47+,48-,49-,50-,51-,52+,53+,54+,55+,58+,59-,60+/m1/s1. The fraction of sp³-hybridized carbons (Fsp3) is 0.967. The summed E-state index contributed by atoms with van der Waals surface area (Å²) in [5.74, 6) is 0.0527. The van der Waals surface area contributed by atoms with E-state index < -0.39 is 221 Å². The lowest BCUT2D eigenvalue weighted by Gasteiger charge is -2.67. The molecular weight excluding hydrogens is 1180 g/mol. The van der Waals surface area contributed by atoms with Crippen LogP contribution in [0.4, 0.5) is 0 Å². The largest absolute Gasteiger partial charge is 0.394 e. The lowest BCUT2D eigenvalue weighted by atomic mass is 9.38. The van der Waals surface area contributed by atoms with E-state index in [0.717, 1.165) is 18.4 Å². The lowest BCUT2D eigenvalue weighted by molar-refractivity contribution is -0.379. The molecule has 516 valence electrons. The first-order valence-corrected chi connectivity index (χ1v) is 31.6. The Morgan fingerprint density at radius 2 is 0.955 bits per heavy atom. The first kappa shape index (κ1) is 71.9. The van der Waals surface area contributed by atoms with Crippen molar-refractivity contribution < 1.29 is 144 Å². The molecule has 0 spiro atoms. The molecule has 19 N–H and O–H groups in total. The Balaban J connectivity index is 0.854. The molecule has 0 aromatic carbocycles. The van der Waals surface area contributed by atoms with Crippen molar-refractivity contribution >= 4 is 0 Å².